The summed E-state index contributed by atoms with van der Waals surface area (Å²) < 4.78 is 1.98. The van der Waals surface area contributed by atoms with Gasteiger partial charge < -0.3 is 9.47 Å². The largest absolute Gasteiger partial charge is 0.347 e. The summed E-state index contributed by atoms with van der Waals surface area (Å²) >= 11 is 6.14. The Balaban J connectivity index is 1.99. The Morgan fingerprint density at radius 3 is 2.52 bits per heavy atom. The number of carbonyl (C=O) groups is 1. The maximum atomic E-state index is 12.0. The molecule has 0 fully saturated rings. The molecular formula is C20H22ClN3O. The minimum absolute atomic E-state index is 0.0697. The number of amides is 1. The minimum atomic E-state index is 0.0697. The first-order valence-corrected chi connectivity index (χ1v) is 8.63. The second-order valence-electron chi connectivity index (χ2n) is 6.62. The predicted octanol–water partition coefficient (Wildman–Crippen LogP) is 3.99. The van der Waals surface area contributed by atoms with Crippen LogP contribution < -0.4 is 0 Å². The lowest BCUT2D eigenvalue weighted by Gasteiger charge is -2.13. The van der Waals surface area contributed by atoms with E-state index in [9.17, 15) is 4.79 Å². The molecule has 0 unspecified atom stereocenters. The Labute approximate surface area is 153 Å². The first-order chi connectivity index (χ1) is 11.9. The number of aryl methyl sites for hydroxylation is 2. The third-order valence-corrected chi connectivity index (χ3v) is 4.81. The van der Waals surface area contributed by atoms with Gasteiger partial charge in [0.1, 0.15) is 6.54 Å². The molecule has 0 bridgehead atoms. The fourth-order valence-electron chi connectivity index (χ4n) is 3.13. The average Bonchev–Trinajstić information content (AvgIpc) is 2.94. The van der Waals surface area contributed by atoms with Gasteiger partial charge in [-0.25, -0.2) is 0 Å². The molecule has 2 heterocycles. The van der Waals surface area contributed by atoms with Crippen molar-refractivity contribution >= 4 is 28.4 Å². The van der Waals surface area contributed by atoms with Gasteiger partial charge in [0.2, 0.25) is 5.91 Å². The van der Waals surface area contributed by atoms with Crippen molar-refractivity contribution in [1.82, 2.24) is 14.5 Å². The van der Waals surface area contributed by atoms with Crippen LogP contribution >= 0.6 is 11.6 Å². The number of hydrogen-bond donors (Lipinski definition) is 0. The molecule has 0 spiro atoms. The first-order valence-electron chi connectivity index (χ1n) is 8.25. The quantitative estimate of drug-likeness (QED) is 0.709. The number of rotatable bonds is 4. The molecular weight excluding hydrogens is 334 g/mol. The van der Waals surface area contributed by atoms with Crippen LogP contribution in [-0.4, -0.2) is 34.5 Å². The molecule has 1 aromatic carbocycles. The van der Waals surface area contributed by atoms with Gasteiger partial charge in [-0.15, -0.1) is 0 Å². The summed E-state index contributed by atoms with van der Waals surface area (Å²) in [6, 6.07) is 7.99. The Bertz CT molecular complexity index is 920. The average molecular weight is 356 g/mol. The summed E-state index contributed by atoms with van der Waals surface area (Å²) in [6.07, 6.45) is 4.52. The number of nitrogens with zero attached hydrogens (tertiary/aromatic N) is 3. The summed E-state index contributed by atoms with van der Waals surface area (Å²) in [4.78, 5) is 18.2. The van der Waals surface area contributed by atoms with Crippen molar-refractivity contribution in [3.05, 3.63) is 64.1 Å². The molecule has 25 heavy (non-hydrogen) atoms. The van der Waals surface area contributed by atoms with E-state index in [1.807, 2.05) is 41.2 Å². The lowest BCUT2D eigenvalue weighted by molar-refractivity contribution is -0.129. The molecule has 0 saturated carbocycles. The van der Waals surface area contributed by atoms with E-state index >= 15 is 0 Å². The lowest BCUT2D eigenvalue weighted by Crippen LogP contribution is -2.25. The first kappa shape index (κ1) is 17.5. The Hall–Kier alpha value is -2.33. The van der Waals surface area contributed by atoms with Crippen LogP contribution in [-0.2, 0) is 17.8 Å². The van der Waals surface area contributed by atoms with Crippen molar-refractivity contribution in [2.45, 2.75) is 26.8 Å². The molecule has 0 aliphatic carbocycles. The number of benzene rings is 1. The van der Waals surface area contributed by atoms with E-state index in [4.69, 9.17) is 11.6 Å². The zero-order valence-corrected chi connectivity index (χ0v) is 15.8. The van der Waals surface area contributed by atoms with E-state index in [2.05, 4.69) is 18.8 Å². The van der Waals surface area contributed by atoms with Crippen LogP contribution in [0.4, 0.5) is 0 Å². The van der Waals surface area contributed by atoms with Crippen molar-refractivity contribution in [3.63, 3.8) is 0 Å². The molecule has 3 rings (SSSR count). The molecule has 0 saturated heterocycles. The van der Waals surface area contributed by atoms with Gasteiger partial charge in [-0.05, 0) is 54.8 Å². The number of fused-ring (bicyclic) bond motifs is 1. The zero-order valence-electron chi connectivity index (χ0n) is 15.0. The molecule has 0 aliphatic rings. The highest BCUT2D eigenvalue weighted by Gasteiger charge is 2.13. The number of hydrogen-bond acceptors (Lipinski definition) is 2. The van der Waals surface area contributed by atoms with Gasteiger partial charge in [-0.2, -0.15) is 0 Å². The van der Waals surface area contributed by atoms with Crippen LogP contribution in [0.15, 0.2) is 36.7 Å². The Morgan fingerprint density at radius 1 is 1.20 bits per heavy atom. The topological polar surface area (TPSA) is 38.1 Å². The summed E-state index contributed by atoms with van der Waals surface area (Å²) in [7, 11) is 3.54. The van der Waals surface area contributed by atoms with Crippen LogP contribution in [0.25, 0.3) is 10.9 Å². The molecule has 0 radical (unpaired) electrons. The molecule has 3 aromatic rings. The molecule has 5 heteroatoms. The summed E-state index contributed by atoms with van der Waals surface area (Å²) in [6.45, 7) is 4.49. The van der Waals surface area contributed by atoms with Crippen molar-refractivity contribution in [2.24, 2.45) is 0 Å². The predicted molar refractivity (Wildman–Crippen MR) is 102 cm³/mol. The van der Waals surface area contributed by atoms with Gasteiger partial charge in [0.25, 0.3) is 0 Å². The fourth-order valence-corrected chi connectivity index (χ4v) is 3.46. The summed E-state index contributed by atoms with van der Waals surface area (Å²) in [5.74, 6) is 0.0697. The van der Waals surface area contributed by atoms with Crippen molar-refractivity contribution in [3.8, 4) is 0 Å². The summed E-state index contributed by atoms with van der Waals surface area (Å²) in [5.41, 5.74) is 5.64. The second kappa shape index (κ2) is 6.89. The highest BCUT2D eigenvalue weighted by molar-refractivity contribution is 6.30. The number of aromatic nitrogens is 2. The van der Waals surface area contributed by atoms with Gasteiger partial charge in [0.15, 0.2) is 0 Å². The van der Waals surface area contributed by atoms with Crippen molar-refractivity contribution in [2.75, 3.05) is 14.1 Å². The number of carbonyl (C=O) groups excluding carboxylic acids is 1. The molecule has 0 atom stereocenters. The van der Waals surface area contributed by atoms with E-state index < -0.39 is 0 Å². The smallest absolute Gasteiger partial charge is 0.241 e. The van der Waals surface area contributed by atoms with E-state index in [0.29, 0.717) is 6.54 Å². The van der Waals surface area contributed by atoms with E-state index in [0.717, 1.165) is 28.0 Å². The molecule has 0 N–H and O–H groups in total. The Kier molecular flexibility index (Phi) is 4.82. The van der Waals surface area contributed by atoms with Crippen LogP contribution in [0.1, 0.15) is 22.4 Å². The SMILES string of the molecule is Cc1cc(Cl)cc(C)c1Cc1nccc2c1ccn2CC(=O)N(C)C. The highest BCUT2D eigenvalue weighted by atomic mass is 35.5. The van der Waals surface area contributed by atoms with Crippen LogP contribution in [0.5, 0.6) is 0 Å². The Morgan fingerprint density at radius 2 is 1.88 bits per heavy atom. The van der Waals surface area contributed by atoms with Crippen LogP contribution in [0.2, 0.25) is 5.02 Å². The molecule has 4 nitrogen and oxygen atoms in total. The third-order valence-electron chi connectivity index (χ3n) is 4.59. The van der Waals surface area contributed by atoms with E-state index in [-0.39, 0.29) is 5.91 Å². The fraction of sp³-hybridized carbons (Fsp3) is 0.300. The zero-order chi connectivity index (χ0) is 18.1. The van der Waals surface area contributed by atoms with Gasteiger partial charge >= 0.3 is 0 Å². The molecule has 0 aliphatic heterocycles. The van der Waals surface area contributed by atoms with E-state index in [1.54, 1.807) is 19.0 Å². The molecule has 130 valence electrons. The standard InChI is InChI=1S/C20H22ClN3O/c1-13-9-15(21)10-14(2)17(13)11-18-16-6-8-24(12-20(25)23(3)4)19(16)5-7-22-18/h5-10H,11-12H2,1-4H3. The van der Waals surface area contributed by atoms with Crippen molar-refractivity contribution in [1.29, 1.82) is 0 Å². The lowest BCUT2D eigenvalue weighted by atomic mass is 9.97. The second-order valence-corrected chi connectivity index (χ2v) is 7.05. The van der Waals surface area contributed by atoms with Gasteiger partial charge in [0.05, 0.1) is 11.2 Å². The third kappa shape index (κ3) is 3.54. The number of pyridine rings is 1. The summed E-state index contributed by atoms with van der Waals surface area (Å²) in [5, 5.41) is 1.85. The van der Waals surface area contributed by atoms with Gasteiger partial charge in [0, 0.05) is 43.3 Å². The maximum Gasteiger partial charge on any atom is 0.241 e. The maximum absolute atomic E-state index is 12.0. The van der Waals surface area contributed by atoms with Crippen LogP contribution in [0.3, 0.4) is 0 Å². The van der Waals surface area contributed by atoms with Crippen molar-refractivity contribution < 1.29 is 4.79 Å². The monoisotopic (exact) mass is 355 g/mol. The van der Waals surface area contributed by atoms with E-state index in [1.165, 1.54) is 16.7 Å². The number of halogens is 1. The molecule has 1 amide bonds. The number of likely N-dealkylation sites (N-methyl/N-ethyl adjacent to an activating group) is 1. The van der Waals surface area contributed by atoms with Gasteiger partial charge in [-0.1, -0.05) is 11.6 Å². The normalized spacial score (nSPS) is 11.1. The van der Waals surface area contributed by atoms with Crippen LogP contribution in [0, 0.1) is 13.8 Å². The van der Waals surface area contributed by atoms with Gasteiger partial charge in [-0.3, -0.25) is 9.78 Å². The minimum Gasteiger partial charge on any atom is -0.347 e. The molecule has 2 aromatic heterocycles. The highest BCUT2D eigenvalue weighted by Crippen LogP contribution is 2.26.